The zero-order chi connectivity index (χ0) is 25.3. The minimum Gasteiger partial charge on any atom is -0.494 e. The molecule has 0 spiro atoms. The first-order valence-corrected chi connectivity index (χ1v) is 13.0. The van der Waals surface area contributed by atoms with Gasteiger partial charge in [0.15, 0.2) is 0 Å². The van der Waals surface area contributed by atoms with E-state index in [2.05, 4.69) is 46.4 Å². The topological polar surface area (TPSA) is 79.8 Å². The van der Waals surface area contributed by atoms with Crippen LogP contribution < -0.4 is 4.74 Å². The van der Waals surface area contributed by atoms with Gasteiger partial charge in [0.1, 0.15) is 5.75 Å². The van der Waals surface area contributed by atoms with Gasteiger partial charge in [-0.05, 0) is 47.4 Å². The van der Waals surface area contributed by atoms with Crippen LogP contribution >= 0.6 is 0 Å². The van der Waals surface area contributed by atoms with Crippen LogP contribution in [0.3, 0.4) is 0 Å². The Morgan fingerprint density at radius 2 is 1.81 bits per heavy atom. The Kier molecular flexibility index (Phi) is 8.82. The standard InChI is InChI=1S/C30H35N3O4/c34-22-33-14-13-27(30(18-33)37-20-24-7-12-28-29(17-24)32-21-31-28)25-8-10-26(11-9-25)36-16-4-15-35-19-23-5-2-1-3-6-23/h1-3,5-12,17,21,27,30,34H,4,13-16,18-20,22H2,(H,31,32). The summed E-state index contributed by atoms with van der Waals surface area (Å²) < 4.78 is 18.1. The number of nitrogens with zero attached hydrogens (tertiary/aromatic N) is 2. The van der Waals surface area contributed by atoms with Gasteiger partial charge in [-0.1, -0.05) is 48.5 Å². The van der Waals surface area contributed by atoms with E-state index in [0.29, 0.717) is 33.0 Å². The maximum absolute atomic E-state index is 9.71. The molecule has 7 nitrogen and oxygen atoms in total. The first-order valence-electron chi connectivity index (χ1n) is 13.0. The quantitative estimate of drug-likeness (QED) is 0.270. The number of H-pyrrole nitrogens is 1. The molecule has 2 N–H and O–H groups in total. The smallest absolute Gasteiger partial charge is 0.119 e. The van der Waals surface area contributed by atoms with Crippen molar-refractivity contribution in [2.45, 2.75) is 38.1 Å². The minimum atomic E-state index is -0.00750. The highest BCUT2D eigenvalue weighted by Crippen LogP contribution is 2.32. The summed E-state index contributed by atoms with van der Waals surface area (Å²) in [5.74, 6) is 1.13. The highest BCUT2D eigenvalue weighted by Gasteiger charge is 2.31. The first-order chi connectivity index (χ1) is 18.3. The van der Waals surface area contributed by atoms with E-state index in [4.69, 9.17) is 14.2 Å². The zero-order valence-corrected chi connectivity index (χ0v) is 21.1. The van der Waals surface area contributed by atoms with Crippen LogP contribution in [0.15, 0.2) is 79.1 Å². The number of likely N-dealkylation sites (tertiary alicyclic amines) is 1. The van der Waals surface area contributed by atoms with Crippen molar-refractivity contribution < 1.29 is 19.3 Å². The Morgan fingerprint density at radius 1 is 0.946 bits per heavy atom. The number of rotatable bonds is 12. The molecule has 194 valence electrons. The van der Waals surface area contributed by atoms with E-state index in [1.54, 1.807) is 6.33 Å². The Bertz CT molecular complexity index is 1230. The van der Waals surface area contributed by atoms with Gasteiger partial charge in [-0.2, -0.15) is 0 Å². The number of imidazole rings is 1. The fourth-order valence-electron chi connectivity index (χ4n) is 4.86. The molecule has 2 unspecified atom stereocenters. The molecule has 0 bridgehead atoms. The molecule has 2 heterocycles. The number of aromatic amines is 1. The number of nitrogens with one attached hydrogen (secondary N) is 1. The average molecular weight is 502 g/mol. The van der Waals surface area contributed by atoms with E-state index >= 15 is 0 Å². The van der Waals surface area contributed by atoms with Gasteiger partial charge in [-0.15, -0.1) is 0 Å². The number of hydrogen-bond acceptors (Lipinski definition) is 6. The highest BCUT2D eigenvalue weighted by molar-refractivity contribution is 5.74. The first kappa shape index (κ1) is 25.4. The number of benzene rings is 3. The van der Waals surface area contributed by atoms with Crippen LogP contribution in [0.4, 0.5) is 0 Å². The Balaban J connectivity index is 1.11. The molecule has 1 aliphatic rings. The monoisotopic (exact) mass is 501 g/mol. The van der Waals surface area contributed by atoms with E-state index in [-0.39, 0.29) is 18.8 Å². The van der Waals surface area contributed by atoms with Gasteiger partial charge in [0.25, 0.3) is 0 Å². The second kappa shape index (κ2) is 12.8. The molecule has 0 saturated carbocycles. The summed E-state index contributed by atoms with van der Waals surface area (Å²) in [6.45, 7) is 4.04. The normalized spacial score (nSPS) is 18.3. The van der Waals surface area contributed by atoms with Crippen LogP contribution in [0, 0.1) is 0 Å². The van der Waals surface area contributed by atoms with Gasteiger partial charge >= 0.3 is 0 Å². The lowest BCUT2D eigenvalue weighted by Crippen LogP contribution is -2.44. The summed E-state index contributed by atoms with van der Waals surface area (Å²) >= 11 is 0. The maximum Gasteiger partial charge on any atom is 0.119 e. The molecule has 1 saturated heterocycles. The van der Waals surface area contributed by atoms with E-state index in [9.17, 15) is 5.11 Å². The number of hydrogen-bond donors (Lipinski definition) is 2. The third-order valence-corrected chi connectivity index (χ3v) is 6.91. The number of ether oxygens (including phenoxy) is 3. The van der Waals surface area contributed by atoms with E-state index in [1.807, 2.05) is 41.3 Å². The van der Waals surface area contributed by atoms with Crippen molar-refractivity contribution in [3.05, 3.63) is 95.8 Å². The molecule has 5 rings (SSSR count). The predicted octanol–water partition coefficient (Wildman–Crippen LogP) is 4.87. The molecule has 1 fully saturated rings. The Morgan fingerprint density at radius 3 is 2.65 bits per heavy atom. The second-order valence-corrected chi connectivity index (χ2v) is 9.53. The third-order valence-electron chi connectivity index (χ3n) is 6.91. The number of fused-ring (bicyclic) bond motifs is 1. The van der Waals surface area contributed by atoms with Gasteiger partial charge in [0.05, 0.1) is 56.6 Å². The third kappa shape index (κ3) is 6.96. The molecule has 2 atom stereocenters. The van der Waals surface area contributed by atoms with Crippen molar-refractivity contribution in [3.63, 3.8) is 0 Å². The number of aliphatic hydroxyl groups is 1. The molecule has 0 aliphatic carbocycles. The molecule has 0 radical (unpaired) electrons. The van der Waals surface area contributed by atoms with Crippen molar-refractivity contribution in [2.75, 3.05) is 33.0 Å². The summed E-state index contributed by atoms with van der Waals surface area (Å²) in [6.07, 6.45) is 3.48. The summed E-state index contributed by atoms with van der Waals surface area (Å²) in [5, 5.41) is 9.71. The lowest BCUT2D eigenvalue weighted by molar-refractivity contribution is -0.0442. The molecule has 3 aromatic carbocycles. The molecule has 37 heavy (non-hydrogen) atoms. The fourth-order valence-corrected chi connectivity index (χ4v) is 4.86. The summed E-state index contributed by atoms with van der Waals surface area (Å²) in [5.41, 5.74) is 5.49. The molecule has 0 amide bonds. The van der Waals surface area contributed by atoms with Crippen molar-refractivity contribution in [1.82, 2.24) is 14.9 Å². The summed E-state index contributed by atoms with van der Waals surface area (Å²) in [6, 6.07) is 24.7. The Hall–Kier alpha value is -3.23. The largest absolute Gasteiger partial charge is 0.494 e. The second-order valence-electron chi connectivity index (χ2n) is 9.53. The predicted molar refractivity (Wildman–Crippen MR) is 143 cm³/mol. The van der Waals surface area contributed by atoms with Gasteiger partial charge in [-0.25, -0.2) is 4.98 Å². The molecular weight excluding hydrogens is 466 g/mol. The molecule has 4 aromatic rings. The molecule has 1 aromatic heterocycles. The number of aliphatic hydroxyl groups excluding tert-OH is 1. The molecule has 7 heteroatoms. The fraction of sp³-hybridized carbons (Fsp3) is 0.367. The lowest BCUT2D eigenvalue weighted by Gasteiger charge is -2.37. The SMILES string of the molecule is OCN1CCC(c2ccc(OCCCOCc3ccccc3)cc2)C(OCc2ccc3nc[nH]c3c2)C1. The van der Waals surface area contributed by atoms with E-state index in [1.165, 1.54) is 11.1 Å². The number of piperidine rings is 1. The minimum absolute atomic E-state index is 0.00750. The number of aromatic nitrogens is 2. The lowest BCUT2D eigenvalue weighted by atomic mass is 9.87. The maximum atomic E-state index is 9.71. The van der Waals surface area contributed by atoms with Gasteiger partial charge in [0, 0.05) is 25.4 Å². The van der Waals surface area contributed by atoms with Gasteiger partial charge < -0.3 is 24.3 Å². The van der Waals surface area contributed by atoms with Crippen LogP contribution in [-0.4, -0.2) is 59.1 Å². The van der Waals surface area contributed by atoms with Crippen LogP contribution in [0.25, 0.3) is 11.0 Å². The molecule has 1 aliphatic heterocycles. The molecular formula is C30H35N3O4. The van der Waals surface area contributed by atoms with Crippen LogP contribution in [0.1, 0.15) is 35.4 Å². The van der Waals surface area contributed by atoms with Crippen molar-refractivity contribution in [2.24, 2.45) is 0 Å². The zero-order valence-electron chi connectivity index (χ0n) is 21.1. The van der Waals surface area contributed by atoms with Gasteiger partial charge in [-0.3, -0.25) is 4.90 Å². The summed E-state index contributed by atoms with van der Waals surface area (Å²) in [7, 11) is 0. The van der Waals surface area contributed by atoms with Crippen molar-refractivity contribution in [1.29, 1.82) is 0 Å². The Labute approximate surface area is 218 Å². The van der Waals surface area contributed by atoms with Crippen LogP contribution in [-0.2, 0) is 22.7 Å². The highest BCUT2D eigenvalue weighted by atomic mass is 16.5. The van der Waals surface area contributed by atoms with Crippen LogP contribution in [0.2, 0.25) is 0 Å². The van der Waals surface area contributed by atoms with Crippen LogP contribution in [0.5, 0.6) is 5.75 Å². The van der Waals surface area contributed by atoms with E-state index in [0.717, 1.165) is 41.7 Å². The van der Waals surface area contributed by atoms with Crippen molar-refractivity contribution >= 4 is 11.0 Å². The van der Waals surface area contributed by atoms with Crippen molar-refractivity contribution in [3.8, 4) is 5.75 Å². The average Bonchev–Trinajstić information content (AvgIpc) is 3.43. The van der Waals surface area contributed by atoms with E-state index < -0.39 is 0 Å². The summed E-state index contributed by atoms with van der Waals surface area (Å²) in [4.78, 5) is 9.48. The van der Waals surface area contributed by atoms with Gasteiger partial charge in [0.2, 0.25) is 0 Å².